The predicted molar refractivity (Wildman–Crippen MR) is 87.7 cm³/mol. The van der Waals surface area contributed by atoms with Gasteiger partial charge in [0.15, 0.2) is 0 Å². The average Bonchev–Trinajstić information content (AvgIpc) is 2.43. The van der Waals surface area contributed by atoms with Crippen molar-refractivity contribution in [3.8, 4) is 5.75 Å². The summed E-state index contributed by atoms with van der Waals surface area (Å²) in [4.78, 5) is 0. The first-order valence-corrected chi connectivity index (χ1v) is 7.61. The van der Waals surface area contributed by atoms with Gasteiger partial charge in [-0.25, -0.2) is 4.39 Å². The SMILES string of the molecule is CNC(c1cc(F)ccc1C)c1cc(Cl)cc(Br)c1OC. The van der Waals surface area contributed by atoms with Crippen LogP contribution in [-0.2, 0) is 0 Å². The number of nitrogens with one attached hydrogen (secondary N) is 1. The third-order valence-corrected chi connectivity index (χ3v) is 4.20. The summed E-state index contributed by atoms with van der Waals surface area (Å²) >= 11 is 9.60. The average molecular weight is 373 g/mol. The predicted octanol–water partition coefficient (Wildman–Crippen LogP) is 4.87. The second kappa shape index (κ2) is 6.77. The number of benzene rings is 2. The Bertz CT molecular complexity index is 663. The highest BCUT2D eigenvalue weighted by molar-refractivity contribution is 9.10. The number of aryl methyl sites for hydroxylation is 1. The van der Waals surface area contributed by atoms with Crippen molar-refractivity contribution >= 4 is 27.5 Å². The molecule has 2 aromatic rings. The largest absolute Gasteiger partial charge is 0.495 e. The van der Waals surface area contributed by atoms with E-state index in [1.807, 2.05) is 20.0 Å². The van der Waals surface area contributed by atoms with Gasteiger partial charge in [-0.3, -0.25) is 0 Å². The van der Waals surface area contributed by atoms with E-state index < -0.39 is 0 Å². The van der Waals surface area contributed by atoms with Crippen LogP contribution in [-0.4, -0.2) is 14.2 Å². The minimum Gasteiger partial charge on any atom is -0.495 e. The molecular formula is C16H16BrClFNO. The Balaban J connectivity index is 2.64. The Hall–Kier alpha value is -1.10. The number of hydrogen-bond donors (Lipinski definition) is 1. The van der Waals surface area contributed by atoms with E-state index in [1.54, 1.807) is 19.2 Å². The Morgan fingerprint density at radius 1 is 1.24 bits per heavy atom. The summed E-state index contributed by atoms with van der Waals surface area (Å²) in [5.41, 5.74) is 2.70. The molecule has 0 radical (unpaired) electrons. The van der Waals surface area contributed by atoms with Crippen LogP contribution in [0.15, 0.2) is 34.8 Å². The van der Waals surface area contributed by atoms with Gasteiger partial charge in [0, 0.05) is 10.6 Å². The molecule has 0 aliphatic carbocycles. The molecule has 21 heavy (non-hydrogen) atoms. The van der Waals surface area contributed by atoms with Crippen LogP contribution in [0.1, 0.15) is 22.7 Å². The lowest BCUT2D eigenvalue weighted by Gasteiger charge is -2.22. The van der Waals surface area contributed by atoms with E-state index >= 15 is 0 Å². The van der Waals surface area contributed by atoms with Crippen LogP contribution in [0.5, 0.6) is 5.75 Å². The van der Waals surface area contributed by atoms with Crippen LogP contribution < -0.4 is 10.1 Å². The van der Waals surface area contributed by atoms with Crippen LogP contribution in [0.3, 0.4) is 0 Å². The van der Waals surface area contributed by atoms with Crippen molar-refractivity contribution in [1.29, 1.82) is 0 Å². The fraction of sp³-hybridized carbons (Fsp3) is 0.250. The zero-order valence-electron chi connectivity index (χ0n) is 12.0. The molecule has 1 atom stereocenters. The number of halogens is 3. The molecule has 0 bridgehead atoms. The molecule has 112 valence electrons. The van der Waals surface area contributed by atoms with E-state index in [-0.39, 0.29) is 11.9 Å². The first-order chi connectivity index (χ1) is 9.97. The summed E-state index contributed by atoms with van der Waals surface area (Å²) in [7, 11) is 3.42. The Kier molecular flexibility index (Phi) is 5.25. The monoisotopic (exact) mass is 371 g/mol. The smallest absolute Gasteiger partial charge is 0.138 e. The van der Waals surface area contributed by atoms with Gasteiger partial charge in [0.1, 0.15) is 11.6 Å². The number of hydrogen-bond acceptors (Lipinski definition) is 2. The molecule has 0 heterocycles. The first-order valence-electron chi connectivity index (χ1n) is 6.44. The van der Waals surface area contributed by atoms with Crippen molar-refractivity contribution < 1.29 is 9.13 Å². The third-order valence-electron chi connectivity index (χ3n) is 3.39. The Morgan fingerprint density at radius 2 is 1.95 bits per heavy atom. The van der Waals surface area contributed by atoms with Crippen LogP contribution in [0, 0.1) is 12.7 Å². The van der Waals surface area contributed by atoms with Crippen LogP contribution in [0.4, 0.5) is 4.39 Å². The van der Waals surface area contributed by atoms with E-state index in [2.05, 4.69) is 21.2 Å². The van der Waals surface area contributed by atoms with Crippen molar-refractivity contribution in [1.82, 2.24) is 5.32 Å². The first kappa shape index (κ1) is 16.3. The normalized spacial score (nSPS) is 12.3. The molecular weight excluding hydrogens is 357 g/mol. The molecule has 5 heteroatoms. The summed E-state index contributed by atoms with van der Waals surface area (Å²) in [6.07, 6.45) is 0. The topological polar surface area (TPSA) is 21.3 Å². The highest BCUT2D eigenvalue weighted by atomic mass is 79.9. The lowest BCUT2D eigenvalue weighted by atomic mass is 9.94. The minimum absolute atomic E-state index is 0.217. The number of ether oxygens (including phenoxy) is 1. The molecule has 0 aliphatic heterocycles. The summed E-state index contributed by atoms with van der Waals surface area (Å²) in [6.45, 7) is 1.95. The van der Waals surface area contributed by atoms with Crippen LogP contribution in [0.2, 0.25) is 5.02 Å². The molecule has 1 unspecified atom stereocenters. The Morgan fingerprint density at radius 3 is 2.57 bits per heavy atom. The molecule has 2 rings (SSSR count). The molecule has 0 aromatic heterocycles. The van der Waals surface area contributed by atoms with Gasteiger partial charge in [-0.1, -0.05) is 17.7 Å². The molecule has 0 amide bonds. The quantitative estimate of drug-likeness (QED) is 0.827. The van der Waals surface area contributed by atoms with E-state index in [0.29, 0.717) is 10.8 Å². The van der Waals surface area contributed by atoms with Crippen molar-refractivity contribution in [2.24, 2.45) is 0 Å². The number of rotatable bonds is 4. The Labute approximate surface area is 137 Å². The van der Waals surface area contributed by atoms with Gasteiger partial charge in [-0.15, -0.1) is 0 Å². The lowest BCUT2D eigenvalue weighted by Crippen LogP contribution is -2.20. The second-order valence-electron chi connectivity index (χ2n) is 4.73. The molecule has 0 saturated carbocycles. The molecule has 1 N–H and O–H groups in total. The van der Waals surface area contributed by atoms with Crippen LogP contribution in [0.25, 0.3) is 0 Å². The van der Waals surface area contributed by atoms with Crippen LogP contribution >= 0.6 is 27.5 Å². The van der Waals surface area contributed by atoms with Gasteiger partial charge in [-0.05, 0) is 65.3 Å². The van der Waals surface area contributed by atoms with Crippen molar-refractivity contribution in [3.63, 3.8) is 0 Å². The summed E-state index contributed by atoms with van der Waals surface area (Å²) in [6, 6.07) is 8.14. The van der Waals surface area contributed by atoms with Crippen molar-refractivity contribution in [3.05, 3.63) is 62.3 Å². The molecule has 2 aromatic carbocycles. The summed E-state index contributed by atoms with van der Waals surface area (Å²) in [5.74, 6) is 0.415. The molecule has 0 fully saturated rings. The van der Waals surface area contributed by atoms with E-state index in [9.17, 15) is 4.39 Å². The second-order valence-corrected chi connectivity index (χ2v) is 6.02. The maximum Gasteiger partial charge on any atom is 0.138 e. The van der Waals surface area contributed by atoms with E-state index in [1.165, 1.54) is 12.1 Å². The van der Waals surface area contributed by atoms with Gasteiger partial charge in [0.25, 0.3) is 0 Å². The number of methoxy groups -OCH3 is 1. The highest BCUT2D eigenvalue weighted by Crippen LogP contribution is 2.38. The van der Waals surface area contributed by atoms with E-state index in [0.717, 1.165) is 21.2 Å². The zero-order valence-corrected chi connectivity index (χ0v) is 14.3. The lowest BCUT2D eigenvalue weighted by molar-refractivity contribution is 0.402. The standard InChI is InChI=1S/C16H16BrClFNO/c1-9-4-5-11(19)8-12(9)15(20-2)13-6-10(18)7-14(17)16(13)21-3/h4-8,15,20H,1-3H3. The van der Waals surface area contributed by atoms with E-state index in [4.69, 9.17) is 16.3 Å². The minimum atomic E-state index is -0.268. The maximum absolute atomic E-state index is 13.6. The van der Waals surface area contributed by atoms with Crippen molar-refractivity contribution in [2.75, 3.05) is 14.2 Å². The summed E-state index contributed by atoms with van der Waals surface area (Å²) < 4.78 is 19.8. The van der Waals surface area contributed by atoms with Crippen molar-refractivity contribution in [2.45, 2.75) is 13.0 Å². The molecule has 0 saturated heterocycles. The van der Waals surface area contributed by atoms with Gasteiger partial charge in [-0.2, -0.15) is 0 Å². The zero-order chi connectivity index (χ0) is 15.6. The highest BCUT2D eigenvalue weighted by Gasteiger charge is 2.21. The van der Waals surface area contributed by atoms with Gasteiger partial charge in [0.05, 0.1) is 17.6 Å². The van der Waals surface area contributed by atoms with Gasteiger partial charge < -0.3 is 10.1 Å². The maximum atomic E-state index is 13.6. The molecule has 2 nitrogen and oxygen atoms in total. The van der Waals surface area contributed by atoms with Gasteiger partial charge >= 0.3 is 0 Å². The van der Waals surface area contributed by atoms with Gasteiger partial charge in [0.2, 0.25) is 0 Å². The fourth-order valence-electron chi connectivity index (χ4n) is 2.41. The summed E-state index contributed by atoms with van der Waals surface area (Å²) in [5, 5.41) is 3.80. The molecule has 0 aliphatic rings. The molecule has 0 spiro atoms. The third kappa shape index (κ3) is 3.39. The fourth-order valence-corrected chi connectivity index (χ4v) is 3.41.